The molecule has 0 fully saturated rings. The van der Waals surface area contributed by atoms with Crippen molar-refractivity contribution in [1.29, 1.82) is 0 Å². The maximum atomic E-state index is 12.4. The Hall–Kier alpha value is -2.22. The molecule has 0 bridgehead atoms. The molecule has 1 aromatic heterocycles. The lowest BCUT2D eigenvalue weighted by Gasteiger charge is -2.08. The van der Waals surface area contributed by atoms with Crippen LogP contribution in [0, 0.1) is 30.9 Å². The summed E-state index contributed by atoms with van der Waals surface area (Å²) in [6.45, 7) is 4.89. The van der Waals surface area contributed by atoms with E-state index < -0.39 is 14.9 Å². The van der Waals surface area contributed by atoms with Crippen LogP contribution in [-0.2, 0) is 10.0 Å². The van der Waals surface area contributed by atoms with Crippen molar-refractivity contribution in [2.75, 3.05) is 0 Å². The van der Waals surface area contributed by atoms with E-state index in [4.69, 9.17) is 0 Å². The van der Waals surface area contributed by atoms with E-state index in [1.807, 2.05) is 0 Å². The quantitative estimate of drug-likeness (QED) is 0.637. The van der Waals surface area contributed by atoms with Gasteiger partial charge < -0.3 is 0 Å². The van der Waals surface area contributed by atoms with Crippen molar-refractivity contribution in [2.45, 2.75) is 25.7 Å². The Bertz CT molecular complexity index is 793. The second-order valence-electron chi connectivity index (χ2n) is 4.49. The van der Waals surface area contributed by atoms with E-state index in [0.29, 0.717) is 16.8 Å². The molecule has 0 aliphatic heterocycles. The van der Waals surface area contributed by atoms with Gasteiger partial charge in [0.2, 0.25) is 0 Å². The minimum atomic E-state index is -3.86. The zero-order valence-corrected chi connectivity index (χ0v) is 12.0. The van der Waals surface area contributed by atoms with Gasteiger partial charge in [-0.05, 0) is 32.4 Å². The molecule has 8 heteroatoms. The Morgan fingerprint density at radius 2 is 1.90 bits per heavy atom. The van der Waals surface area contributed by atoms with Crippen molar-refractivity contribution >= 4 is 15.7 Å². The molecule has 0 atom stereocenters. The molecule has 0 unspecified atom stereocenters. The van der Waals surface area contributed by atoms with Gasteiger partial charge in [-0.1, -0.05) is 0 Å². The summed E-state index contributed by atoms with van der Waals surface area (Å²) in [5.74, 6) is 0. The van der Waals surface area contributed by atoms with Crippen LogP contribution in [0.4, 0.5) is 5.69 Å². The monoisotopic (exact) mass is 295 g/mol. The van der Waals surface area contributed by atoms with E-state index >= 15 is 0 Å². The SMILES string of the molecule is Cc1cn(S(=O)(=O)c2cc(C)c(C)c([N+](=O)[O-])c2)cn1. The lowest BCUT2D eigenvalue weighted by molar-refractivity contribution is -0.385. The molecular weight excluding hydrogens is 282 g/mol. The van der Waals surface area contributed by atoms with Crippen LogP contribution in [-0.4, -0.2) is 22.3 Å². The van der Waals surface area contributed by atoms with Gasteiger partial charge in [0.15, 0.2) is 0 Å². The maximum absolute atomic E-state index is 12.4. The van der Waals surface area contributed by atoms with Crippen LogP contribution in [0.3, 0.4) is 0 Å². The highest BCUT2D eigenvalue weighted by atomic mass is 32.2. The van der Waals surface area contributed by atoms with Crippen molar-refractivity contribution in [3.8, 4) is 0 Å². The number of nitrogens with zero attached hydrogens (tertiary/aromatic N) is 3. The van der Waals surface area contributed by atoms with Gasteiger partial charge in [-0.15, -0.1) is 0 Å². The van der Waals surface area contributed by atoms with E-state index in [1.54, 1.807) is 20.8 Å². The molecule has 0 aliphatic carbocycles. The average molecular weight is 295 g/mol. The molecule has 0 saturated carbocycles. The van der Waals surface area contributed by atoms with Crippen molar-refractivity contribution in [1.82, 2.24) is 8.96 Å². The van der Waals surface area contributed by atoms with Crippen LogP contribution in [0.1, 0.15) is 16.8 Å². The lowest BCUT2D eigenvalue weighted by Crippen LogP contribution is -2.12. The van der Waals surface area contributed by atoms with Crippen molar-refractivity contribution in [3.63, 3.8) is 0 Å². The molecule has 1 heterocycles. The number of nitro groups is 1. The number of aryl methyl sites for hydroxylation is 2. The minimum Gasteiger partial charge on any atom is -0.258 e. The van der Waals surface area contributed by atoms with Gasteiger partial charge in [0.1, 0.15) is 6.33 Å². The normalized spacial score (nSPS) is 11.6. The molecular formula is C12H13N3O4S. The number of nitro benzene ring substituents is 1. The first-order valence-electron chi connectivity index (χ1n) is 5.75. The van der Waals surface area contributed by atoms with Crippen LogP contribution in [0.5, 0.6) is 0 Å². The summed E-state index contributed by atoms with van der Waals surface area (Å²) in [7, 11) is -3.86. The third-order valence-electron chi connectivity index (χ3n) is 3.07. The highest BCUT2D eigenvalue weighted by Gasteiger charge is 2.23. The summed E-state index contributed by atoms with van der Waals surface area (Å²) >= 11 is 0. The van der Waals surface area contributed by atoms with Crippen molar-refractivity contribution in [3.05, 3.63) is 51.6 Å². The van der Waals surface area contributed by atoms with E-state index in [-0.39, 0.29) is 10.6 Å². The van der Waals surface area contributed by atoms with Crippen molar-refractivity contribution < 1.29 is 13.3 Å². The molecule has 0 saturated heterocycles. The summed E-state index contributed by atoms with van der Waals surface area (Å²) in [4.78, 5) is 14.1. The Labute approximate surface area is 116 Å². The standard InChI is InChI=1S/C12H13N3O4S/c1-8-4-11(5-12(10(8)3)15(16)17)20(18,19)14-6-9(2)13-7-14/h4-7H,1-3H3. The molecule has 0 N–H and O–H groups in total. The van der Waals surface area contributed by atoms with Gasteiger partial charge in [0.25, 0.3) is 15.7 Å². The molecule has 2 aromatic rings. The number of rotatable bonds is 3. The maximum Gasteiger partial charge on any atom is 0.273 e. The molecule has 2 rings (SSSR count). The lowest BCUT2D eigenvalue weighted by atomic mass is 10.1. The van der Waals surface area contributed by atoms with Gasteiger partial charge in [0.05, 0.1) is 15.5 Å². The predicted molar refractivity (Wildman–Crippen MR) is 72.1 cm³/mol. The average Bonchev–Trinajstić information content (AvgIpc) is 2.79. The molecule has 0 spiro atoms. The molecule has 106 valence electrons. The predicted octanol–water partition coefficient (Wildman–Crippen LogP) is 1.95. The topological polar surface area (TPSA) is 95.1 Å². The first kappa shape index (κ1) is 14.2. The van der Waals surface area contributed by atoms with Crippen LogP contribution in [0.15, 0.2) is 29.6 Å². The first-order chi connectivity index (χ1) is 9.23. The summed E-state index contributed by atoms with van der Waals surface area (Å²) in [6.07, 6.45) is 2.53. The number of hydrogen-bond acceptors (Lipinski definition) is 5. The molecule has 0 amide bonds. The largest absolute Gasteiger partial charge is 0.273 e. The summed E-state index contributed by atoms with van der Waals surface area (Å²) < 4.78 is 25.7. The molecule has 7 nitrogen and oxygen atoms in total. The summed E-state index contributed by atoms with van der Waals surface area (Å²) in [5, 5.41) is 11.0. The highest BCUT2D eigenvalue weighted by Crippen LogP contribution is 2.27. The zero-order chi connectivity index (χ0) is 15.1. The fourth-order valence-corrected chi connectivity index (χ4v) is 3.09. The van der Waals surface area contributed by atoms with Gasteiger partial charge in [-0.25, -0.2) is 17.4 Å². The van der Waals surface area contributed by atoms with Gasteiger partial charge in [-0.3, -0.25) is 10.1 Å². The van der Waals surface area contributed by atoms with Gasteiger partial charge >= 0.3 is 0 Å². The fraction of sp³-hybridized carbons (Fsp3) is 0.250. The second kappa shape index (κ2) is 4.71. The Kier molecular flexibility index (Phi) is 3.34. The van der Waals surface area contributed by atoms with E-state index in [1.165, 1.54) is 18.6 Å². The first-order valence-corrected chi connectivity index (χ1v) is 7.19. The number of imidazole rings is 1. The fourth-order valence-electron chi connectivity index (χ4n) is 1.80. The minimum absolute atomic E-state index is 0.121. The zero-order valence-electron chi connectivity index (χ0n) is 11.2. The van der Waals surface area contributed by atoms with E-state index in [9.17, 15) is 18.5 Å². The Morgan fingerprint density at radius 1 is 1.25 bits per heavy atom. The van der Waals surface area contributed by atoms with Gasteiger partial charge in [0, 0.05) is 17.8 Å². The second-order valence-corrected chi connectivity index (χ2v) is 6.33. The van der Waals surface area contributed by atoms with E-state index in [0.717, 1.165) is 10.0 Å². The third kappa shape index (κ3) is 2.29. The highest BCUT2D eigenvalue weighted by molar-refractivity contribution is 7.90. The van der Waals surface area contributed by atoms with Crippen LogP contribution in [0.2, 0.25) is 0 Å². The smallest absolute Gasteiger partial charge is 0.258 e. The summed E-state index contributed by atoms with van der Waals surface area (Å²) in [5.41, 5.74) is 1.35. The number of benzene rings is 1. The Balaban J connectivity index is 2.67. The summed E-state index contributed by atoms with van der Waals surface area (Å²) in [6, 6.07) is 2.50. The van der Waals surface area contributed by atoms with E-state index in [2.05, 4.69) is 4.98 Å². The van der Waals surface area contributed by atoms with Gasteiger partial charge in [-0.2, -0.15) is 0 Å². The molecule has 1 aromatic carbocycles. The van der Waals surface area contributed by atoms with Crippen LogP contribution >= 0.6 is 0 Å². The molecule has 20 heavy (non-hydrogen) atoms. The number of hydrogen-bond donors (Lipinski definition) is 0. The Morgan fingerprint density at radius 3 is 2.40 bits per heavy atom. The van der Waals surface area contributed by atoms with Crippen molar-refractivity contribution in [2.24, 2.45) is 0 Å². The molecule has 0 radical (unpaired) electrons. The van der Waals surface area contributed by atoms with Crippen LogP contribution < -0.4 is 0 Å². The molecule has 0 aliphatic rings. The number of aromatic nitrogens is 2. The van der Waals surface area contributed by atoms with Crippen LogP contribution in [0.25, 0.3) is 0 Å². The third-order valence-corrected chi connectivity index (χ3v) is 4.66.